The van der Waals surface area contributed by atoms with Crippen LogP contribution in [0.25, 0.3) is 0 Å². The van der Waals surface area contributed by atoms with E-state index < -0.39 is 22.0 Å². The highest BCUT2D eigenvalue weighted by Gasteiger charge is 2.31. The highest BCUT2D eigenvalue weighted by atomic mass is 35.5. The van der Waals surface area contributed by atoms with Crippen LogP contribution >= 0.6 is 34.7 Å². The van der Waals surface area contributed by atoms with E-state index in [1.54, 1.807) is 23.9 Å². The summed E-state index contributed by atoms with van der Waals surface area (Å²) in [4.78, 5) is 12.7. The zero-order valence-electron chi connectivity index (χ0n) is 16.1. The van der Waals surface area contributed by atoms with Crippen LogP contribution in [0.5, 0.6) is 5.75 Å². The van der Waals surface area contributed by atoms with E-state index in [4.69, 9.17) is 16.3 Å². The summed E-state index contributed by atoms with van der Waals surface area (Å²) in [6.07, 6.45) is 0.409. The van der Waals surface area contributed by atoms with Gasteiger partial charge in [0, 0.05) is 23.7 Å². The summed E-state index contributed by atoms with van der Waals surface area (Å²) in [6, 6.07) is 4.67. The number of halogens is 1. The molecule has 0 aliphatic carbocycles. The number of ether oxygens (including phenoxy) is 1. The van der Waals surface area contributed by atoms with Gasteiger partial charge in [0.25, 0.3) is 5.91 Å². The Balaban J connectivity index is 1.75. The minimum Gasteiger partial charge on any atom is -0.478 e. The molecule has 8 nitrogen and oxygen atoms in total. The standard InChI is InChI=1S/C17H21ClN4O4S3/c1-10(2)9-27-17-21-20-16(28-17)19-15(23)14-6-7-22(29(3,24)25)12-8-11(18)4-5-13(12)26-14/h4-5,8,10,14H,6-7,9H2,1-3H3,(H,19,20,23). The molecule has 1 amide bonds. The van der Waals surface area contributed by atoms with Crippen molar-refractivity contribution in [2.45, 2.75) is 30.7 Å². The quantitative estimate of drug-likeness (QED) is 0.502. The van der Waals surface area contributed by atoms with E-state index in [2.05, 4.69) is 29.4 Å². The van der Waals surface area contributed by atoms with Crippen molar-refractivity contribution in [3.05, 3.63) is 23.2 Å². The summed E-state index contributed by atoms with van der Waals surface area (Å²) in [5.74, 6) is 1.31. The summed E-state index contributed by atoms with van der Waals surface area (Å²) in [5, 5.41) is 11.5. The average molecular weight is 477 g/mol. The number of nitrogens with one attached hydrogen (secondary N) is 1. The Morgan fingerprint density at radius 2 is 2.21 bits per heavy atom. The van der Waals surface area contributed by atoms with Crippen LogP contribution in [0.4, 0.5) is 10.8 Å². The van der Waals surface area contributed by atoms with Gasteiger partial charge in [0.15, 0.2) is 10.4 Å². The molecule has 2 heterocycles. The lowest BCUT2D eigenvalue weighted by atomic mass is 10.2. The van der Waals surface area contributed by atoms with E-state index in [9.17, 15) is 13.2 Å². The summed E-state index contributed by atoms with van der Waals surface area (Å²) in [5.41, 5.74) is 0.318. The van der Waals surface area contributed by atoms with Crippen molar-refractivity contribution < 1.29 is 17.9 Å². The smallest absolute Gasteiger partial charge is 0.267 e. The molecule has 1 atom stereocenters. The molecular formula is C17H21ClN4O4S3. The van der Waals surface area contributed by atoms with Crippen LogP contribution < -0.4 is 14.4 Å². The summed E-state index contributed by atoms with van der Waals surface area (Å²) in [6.45, 7) is 4.33. The van der Waals surface area contributed by atoms with Crippen molar-refractivity contribution in [2.24, 2.45) is 5.92 Å². The van der Waals surface area contributed by atoms with Gasteiger partial charge < -0.3 is 4.74 Å². The molecule has 0 radical (unpaired) electrons. The van der Waals surface area contributed by atoms with Crippen molar-refractivity contribution in [2.75, 3.05) is 28.2 Å². The largest absolute Gasteiger partial charge is 0.478 e. The zero-order chi connectivity index (χ0) is 21.2. The minimum atomic E-state index is -3.56. The predicted octanol–water partition coefficient (Wildman–Crippen LogP) is 3.50. The number of benzene rings is 1. The number of thioether (sulfide) groups is 1. The number of hydrogen-bond acceptors (Lipinski definition) is 8. The van der Waals surface area contributed by atoms with Crippen LogP contribution in [-0.4, -0.2) is 49.2 Å². The number of hydrogen-bond donors (Lipinski definition) is 1. The Bertz CT molecular complexity index is 996. The molecule has 0 bridgehead atoms. The van der Waals surface area contributed by atoms with Crippen LogP contribution in [0.15, 0.2) is 22.5 Å². The predicted molar refractivity (Wildman–Crippen MR) is 117 cm³/mol. The van der Waals surface area contributed by atoms with E-state index in [0.29, 0.717) is 21.8 Å². The van der Waals surface area contributed by atoms with Gasteiger partial charge in [-0.3, -0.25) is 14.4 Å². The molecule has 158 valence electrons. The monoisotopic (exact) mass is 476 g/mol. The Kier molecular flexibility index (Phi) is 6.92. The molecule has 0 saturated heterocycles. The maximum absolute atomic E-state index is 12.7. The number of rotatable bonds is 6. The fourth-order valence-electron chi connectivity index (χ4n) is 2.62. The van der Waals surface area contributed by atoms with Crippen molar-refractivity contribution in [3.8, 4) is 5.75 Å². The van der Waals surface area contributed by atoms with Crippen molar-refractivity contribution in [3.63, 3.8) is 0 Å². The highest BCUT2D eigenvalue weighted by Crippen LogP contribution is 2.36. The molecule has 1 aromatic heterocycles. The molecule has 1 aromatic carbocycles. The van der Waals surface area contributed by atoms with Crippen LogP contribution in [0.3, 0.4) is 0 Å². The van der Waals surface area contributed by atoms with E-state index in [1.807, 2.05) is 0 Å². The van der Waals surface area contributed by atoms with Crippen LogP contribution in [-0.2, 0) is 14.8 Å². The van der Waals surface area contributed by atoms with Crippen LogP contribution in [0, 0.1) is 5.92 Å². The third-order valence-electron chi connectivity index (χ3n) is 3.92. The fourth-order valence-corrected chi connectivity index (χ4v) is 5.46. The second-order valence-corrected chi connectivity index (χ2v) is 11.5. The summed E-state index contributed by atoms with van der Waals surface area (Å²) < 4.78 is 32.2. The van der Waals surface area contributed by atoms with Crippen LogP contribution in [0.1, 0.15) is 20.3 Å². The van der Waals surface area contributed by atoms with E-state index >= 15 is 0 Å². The fraction of sp³-hybridized carbons (Fsp3) is 0.471. The van der Waals surface area contributed by atoms with Gasteiger partial charge in [-0.1, -0.05) is 48.5 Å². The van der Waals surface area contributed by atoms with E-state index in [0.717, 1.165) is 16.3 Å². The van der Waals surface area contributed by atoms with Gasteiger partial charge in [-0.15, -0.1) is 10.2 Å². The molecule has 1 aliphatic rings. The Morgan fingerprint density at radius 1 is 1.45 bits per heavy atom. The molecule has 3 rings (SSSR count). The van der Waals surface area contributed by atoms with Gasteiger partial charge >= 0.3 is 0 Å². The molecular weight excluding hydrogens is 456 g/mol. The lowest BCUT2D eigenvalue weighted by molar-refractivity contribution is -0.122. The molecule has 29 heavy (non-hydrogen) atoms. The van der Waals surface area contributed by atoms with Gasteiger partial charge in [-0.25, -0.2) is 8.42 Å². The third-order valence-corrected chi connectivity index (χ3v) is 7.74. The SMILES string of the molecule is CC(C)CSc1nnc(NC(=O)C2CCN(S(C)(=O)=O)c3cc(Cl)ccc3O2)s1. The Morgan fingerprint density at radius 3 is 2.90 bits per heavy atom. The molecule has 1 aliphatic heterocycles. The second kappa shape index (κ2) is 9.07. The number of nitrogens with zero attached hydrogens (tertiary/aromatic N) is 3. The molecule has 0 saturated carbocycles. The number of aromatic nitrogens is 2. The minimum absolute atomic E-state index is 0.0931. The van der Waals surface area contributed by atoms with Gasteiger partial charge in [0.1, 0.15) is 5.75 Å². The number of sulfonamides is 1. The Labute approximate surface area is 183 Å². The molecule has 0 fully saturated rings. The zero-order valence-corrected chi connectivity index (χ0v) is 19.3. The number of amides is 1. The topological polar surface area (TPSA) is 101 Å². The first-order valence-corrected chi connectivity index (χ1v) is 12.9. The molecule has 0 spiro atoms. The first-order valence-electron chi connectivity index (χ1n) is 8.84. The number of carbonyl (C=O) groups is 1. The van der Waals surface area contributed by atoms with Gasteiger partial charge in [-0.05, 0) is 24.1 Å². The molecule has 12 heteroatoms. The normalized spacial score (nSPS) is 16.9. The molecule has 2 aromatic rings. The third kappa shape index (κ3) is 5.74. The first-order chi connectivity index (χ1) is 13.6. The van der Waals surface area contributed by atoms with E-state index in [-0.39, 0.29) is 18.7 Å². The summed E-state index contributed by atoms with van der Waals surface area (Å²) in [7, 11) is -3.56. The highest BCUT2D eigenvalue weighted by molar-refractivity contribution is 8.01. The number of fused-ring (bicyclic) bond motifs is 1. The molecule has 1 N–H and O–H groups in total. The second-order valence-electron chi connectivity index (χ2n) is 6.91. The van der Waals surface area contributed by atoms with Gasteiger partial charge in [0.2, 0.25) is 15.2 Å². The van der Waals surface area contributed by atoms with Gasteiger partial charge in [-0.2, -0.15) is 0 Å². The van der Waals surface area contributed by atoms with Crippen molar-refractivity contribution in [1.82, 2.24) is 10.2 Å². The molecule has 1 unspecified atom stereocenters. The number of anilines is 2. The Hall–Kier alpha value is -1.56. The maximum atomic E-state index is 12.7. The first kappa shape index (κ1) is 22.1. The van der Waals surface area contributed by atoms with E-state index in [1.165, 1.54) is 21.7 Å². The average Bonchev–Trinajstić information content (AvgIpc) is 2.97. The maximum Gasteiger partial charge on any atom is 0.267 e. The lowest BCUT2D eigenvalue weighted by Crippen LogP contribution is -2.35. The van der Waals surface area contributed by atoms with Crippen molar-refractivity contribution >= 4 is 61.4 Å². The summed E-state index contributed by atoms with van der Waals surface area (Å²) >= 11 is 8.91. The van der Waals surface area contributed by atoms with Crippen molar-refractivity contribution in [1.29, 1.82) is 0 Å². The number of carbonyl (C=O) groups excluding carboxylic acids is 1. The van der Waals surface area contributed by atoms with Crippen LogP contribution in [0.2, 0.25) is 5.02 Å². The lowest BCUT2D eigenvalue weighted by Gasteiger charge is -2.21. The van der Waals surface area contributed by atoms with Gasteiger partial charge in [0.05, 0.1) is 11.9 Å².